The maximum absolute atomic E-state index is 4.47. The second-order valence-corrected chi connectivity index (χ2v) is 5.20. The van der Waals surface area contributed by atoms with E-state index in [-0.39, 0.29) is 0 Å². The van der Waals surface area contributed by atoms with E-state index in [9.17, 15) is 0 Å². The Hall–Kier alpha value is -1.61. The lowest BCUT2D eigenvalue weighted by atomic mass is 10.1. The van der Waals surface area contributed by atoms with E-state index in [2.05, 4.69) is 35.7 Å². The van der Waals surface area contributed by atoms with Crippen molar-refractivity contribution in [3.05, 3.63) is 48.3 Å². The summed E-state index contributed by atoms with van der Waals surface area (Å²) in [5.41, 5.74) is 2.40. The molecule has 3 atom stereocenters. The Bertz CT molecular complexity index is 518. The Kier molecular flexibility index (Phi) is 2.92. The average molecular weight is 241 g/mol. The third-order valence-electron chi connectivity index (χ3n) is 3.89. The standard InChI is InChI=1S/C15H19N3/c1-11-8-14(11)15(16-2)12-9-17-18(10-12)13-6-4-3-5-7-13/h3-7,9-11,14-16H,8H2,1-2H3. The van der Waals surface area contributed by atoms with Gasteiger partial charge in [-0.15, -0.1) is 0 Å². The summed E-state index contributed by atoms with van der Waals surface area (Å²) in [7, 11) is 2.04. The lowest BCUT2D eigenvalue weighted by molar-refractivity contribution is 0.504. The minimum Gasteiger partial charge on any atom is -0.313 e. The van der Waals surface area contributed by atoms with Gasteiger partial charge in [0.1, 0.15) is 0 Å². The SMILES string of the molecule is CNC(c1cnn(-c2ccccc2)c1)C1CC1C. The normalized spacial score (nSPS) is 23.9. The third-order valence-corrected chi connectivity index (χ3v) is 3.89. The molecular weight excluding hydrogens is 222 g/mol. The lowest BCUT2D eigenvalue weighted by Gasteiger charge is -2.13. The summed E-state index contributed by atoms with van der Waals surface area (Å²) in [4.78, 5) is 0. The van der Waals surface area contributed by atoms with Gasteiger partial charge < -0.3 is 5.32 Å². The second-order valence-electron chi connectivity index (χ2n) is 5.20. The largest absolute Gasteiger partial charge is 0.313 e. The van der Waals surface area contributed by atoms with Crippen LogP contribution in [-0.4, -0.2) is 16.8 Å². The number of hydrogen-bond donors (Lipinski definition) is 1. The number of para-hydroxylation sites is 1. The molecule has 3 heteroatoms. The van der Waals surface area contributed by atoms with Crippen molar-refractivity contribution in [3.63, 3.8) is 0 Å². The zero-order valence-electron chi connectivity index (χ0n) is 10.9. The molecule has 1 saturated carbocycles. The van der Waals surface area contributed by atoms with Crippen LogP contribution in [0.15, 0.2) is 42.7 Å². The smallest absolute Gasteiger partial charge is 0.0645 e. The van der Waals surface area contributed by atoms with E-state index < -0.39 is 0 Å². The highest BCUT2D eigenvalue weighted by atomic mass is 15.3. The van der Waals surface area contributed by atoms with Crippen LogP contribution in [0.3, 0.4) is 0 Å². The Morgan fingerprint density at radius 2 is 2.06 bits per heavy atom. The van der Waals surface area contributed by atoms with Crippen LogP contribution in [-0.2, 0) is 0 Å². The first-order valence-corrected chi connectivity index (χ1v) is 6.57. The number of nitrogens with zero attached hydrogens (tertiary/aromatic N) is 2. The molecule has 0 bridgehead atoms. The van der Waals surface area contributed by atoms with Crippen LogP contribution in [0.25, 0.3) is 5.69 Å². The van der Waals surface area contributed by atoms with Gasteiger partial charge >= 0.3 is 0 Å². The van der Waals surface area contributed by atoms with Crippen molar-refractivity contribution in [3.8, 4) is 5.69 Å². The highest BCUT2D eigenvalue weighted by Gasteiger charge is 2.39. The highest BCUT2D eigenvalue weighted by molar-refractivity contribution is 5.31. The predicted octanol–water partition coefficient (Wildman–Crippen LogP) is 2.79. The summed E-state index contributed by atoms with van der Waals surface area (Å²) in [6, 6.07) is 10.7. The van der Waals surface area contributed by atoms with Crippen molar-refractivity contribution in [2.24, 2.45) is 11.8 Å². The zero-order valence-corrected chi connectivity index (χ0v) is 10.9. The Morgan fingerprint density at radius 1 is 1.33 bits per heavy atom. The molecule has 3 unspecified atom stereocenters. The van der Waals surface area contributed by atoms with Gasteiger partial charge in [-0.1, -0.05) is 25.1 Å². The molecule has 0 aliphatic heterocycles. The van der Waals surface area contributed by atoms with Gasteiger partial charge in [0.15, 0.2) is 0 Å². The fourth-order valence-electron chi connectivity index (χ4n) is 2.66. The van der Waals surface area contributed by atoms with Crippen LogP contribution in [0.2, 0.25) is 0 Å². The number of rotatable bonds is 4. The minimum atomic E-state index is 0.442. The van der Waals surface area contributed by atoms with E-state index in [0.29, 0.717) is 6.04 Å². The van der Waals surface area contributed by atoms with Crippen LogP contribution in [0.1, 0.15) is 24.9 Å². The molecule has 1 aromatic heterocycles. The van der Waals surface area contributed by atoms with Crippen LogP contribution < -0.4 is 5.32 Å². The van der Waals surface area contributed by atoms with E-state index in [0.717, 1.165) is 17.5 Å². The molecule has 3 nitrogen and oxygen atoms in total. The molecule has 1 aliphatic carbocycles. The Labute approximate surface area is 108 Å². The molecule has 0 amide bonds. The monoisotopic (exact) mass is 241 g/mol. The molecule has 0 spiro atoms. The first kappa shape index (κ1) is 11.5. The molecule has 3 rings (SSSR count). The molecule has 1 aliphatic rings. The summed E-state index contributed by atoms with van der Waals surface area (Å²) in [6.45, 7) is 2.32. The van der Waals surface area contributed by atoms with Crippen molar-refractivity contribution in [2.45, 2.75) is 19.4 Å². The van der Waals surface area contributed by atoms with Crippen LogP contribution >= 0.6 is 0 Å². The van der Waals surface area contributed by atoms with Gasteiger partial charge in [0.25, 0.3) is 0 Å². The number of benzene rings is 1. The van der Waals surface area contributed by atoms with E-state index in [4.69, 9.17) is 0 Å². The molecule has 1 fully saturated rings. The number of nitrogens with one attached hydrogen (secondary N) is 1. The van der Waals surface area contributed by atoms with Crippen molar-refractivity contribution in [1.29, 1.82) is 0 Å². The van der Waals surface area contributed by atoms with Gasteiger partial charge in [-0.3, -0.25) is 0 Å². The fraction of sp³-hybridized carbons (Fsp3) is 0.400. The molecule has 2 aromatic rings. The van der Waals surface area contributed by atoms with Crippen LogP contribution in [0.4, 0.5) is 0 Å². The minimum absolute atomic E-state index is 0.442. The maximum atomic E-state index is 4.47. The van der Waals surface area contributed by atoms with Gasteiger partial charge in [-0.2, -0.15) is 5.10 Å². The predicted molar refractivity (Wildman–Crippen MR) is 72.6 cm³/mol. The Balaban J connectivity index is 1.85. The van der Waals surface area contributed by atoms with Crippen molar-refractivity contribution in [2.75, 3.05) is 7.05 Å². The van der Waals surface area contributed by atoms with Gasteiger partial charge in [-0.05, 0) is 37.4 Å². The topological polar surface area (TPSA) is 29.9 Å². The van der Waals surface area contributed by atoms with Gasteiger partial charge in [-0.25, -0.2) is 4.68 Å². The van der Waals surface area contributed by atoms with Crippen molar-refractivity contribution >= 4 is 0 Å². The highest BCUT2D eigenvalue weighted by Crippen LogP contribution is 2.46. The summed E-state index contributed by atoms with van der Waals surface area (Å²) >= 11 is 0. The Morgan fingerprint density at radius 3 is 2.67 bits per heavy atom. The van der Waals surface area contributed by atoms with E-state index >= 15 is 0 Å². The van der Waals surface area contributed by atoms with E-state index in [1.54, 1.807) is 0 Å². The number of hydrogen-bond acceptors (Lipinski definition) is 2. The summed E-state index contributed by atoms with van der Waals surface area (Å²) in [5, 5.41) is 7.89. The molecule has 1 aromatic carbocycles. The average Bonchev–Trinajstić information content (AvgIpc) is 2.94. The van der Waals surface area contributed by atoms with Crippen LogP contribution in [0, 0.1) is 11.8 Å². The van der Waals surface area contributed by atoms with Crippen molar-refractivity contribution < 1.29 is 0 Å². The molecule has 18 heavy (non-hydrogen) atoms. The molecule has 0 radical (unpaired) electrons. The third kappa shape index (κ3) is 2.06. The zero-order chi connectivity index (χ0) is 12.5. The van der Waals surface area contributed by atoms with E-state index in [1.165, 1.54) is 12.0 Å². The second kappa shape index (κ2) is 4.58. The maximum Gasteiger partial charge on any atom is 0.0645 e. The molecule has 1 N–H and O–H groups in total. The first-order valence-electron chi connectivity index (χ1n) is 6.57. The lowest BCUT2D eigenvalue weighted by Crippen LogP contribution is -2.18. The van der Waals surface area contributed by atoms with Crippen LogP contribution in [0.5, 0.6) is 0 Å². The first-order chi connectivity index (χ1) is 8.79. The molecule has 1 heterocycles. The summed E-state index contributed by atoms with van der Waals surface area (Å²) in [5.74, 6) is 1.60. The number of aromatic nitrogens is 2. The van der Waals surface area contributed by atoms with E-state index in [1.807, 2.05) is 36.1 Å². The molecule has 0 saturated heterocycles. The molecule has 94 valence electrons. The molecular formula is C15H19N3. The van der Waals surface area contributed by atoms with Gasteiger partial charge in [0, 0.05) is 17.8 Å². The summed E-state index contributed by atoms with van der Waals surface area (Å²) < 4.78 is 1.95. The quantitative estimate of drug-likeness (QED) is 0.892. The summed E-state index contributed by atoms with van der Waals surface area (Å²) in [6.07, 6.45) is 5.45. The van der Waals surface area contributed by atoms with Crippen molar-refractivity contribution in [1.82, 2.24) is 15.1 Å². The fourth-order valence-corrected chi connectivity index (χ4v) is 2.66. The van der Waals surface area contributed by atoms with Gasteiger partial charge in [0.2, 0.25) is 0 Å². The van der Waals surface area contributed by atoms with Gasteiger partial charge in [0.05, 0.1) is 11.9 Å².